The zero-order valence-electron chi connectivity index (χ0n) is 16.5. The second-order valence-corrected chi connectivity index (χ2v) is 8.85. The Hall–Kier alpha value is -2.60. The fraction of sp³-hybridized carbons (Fsp3) is 0.348. The van der Waals surface area contributed by atoms with Gasteiger partial charge in [-0.05, 0) is 37.5 Å². The highest BCUT2D eigenvalue weighted by molar-refractivity contribution is 8.00. The minimum Gasteiger partial charge on any atom is -0.352 e. The Morgan fingerprint density at radius 2 is 1.83 bits per heavy atom. The van der Waals surface area contributed by atoms with Crippen LogP contribution in [0.1, 0.15) is 38.2 Å². The Bertz CT molecular complexity index is 1060. The predicted molar refractivity (Wildman–Crippen MR) is 117 cm³/mol. The molecule has 1 N–H and O–H groups in total. The van der Waals surface area contributed by atoms with Crippen LogP contribution in [0.25, 0.3) is 10.9 Å². The first-order valence-electron chi connectivity index (χ1n) is 10.1. The quantitative estimate of drug-likeness (QED) is 0.496. The van der Waals surface area contributed by atoms with Gasteiger partial charge in [-0.15, -0.1) is 0 Å². The van der Waals surface area contributed by atoms with E-state index >= 15 is 0 Å². The van der Waals surface area contributed by atoms with Crippen molar-refractivity contribution in [3.8, 4) is 0 Å². The molecule has 0 saturated heterocycles. The number of rotatable bonds is 6. The van der Waals surface area contributed by atoms with Crippen molar-refractivity contribution in [2.45, 2.75) is 55.6 Å². The smallest absolute Gasteiger partial charge is 0.262 e. The largest absolute Gasteiger partial charge is 0.352 e. The lowest BCUT2D eigenvalue weighted by Gasteiger charge is -2.18. The molecule has 1 saturated carbocycles. The van der Waals surface area contributed by atoms with Crippen molar-refractivity contribution in [3.63, 3.8) is 0 Å². The van der Waals surface area contributed by atoms with E-state index in [0.717, 1.165) is 18.4 Å². The van der Waals surface area contributed by atoms with Gasteiger partial charge in [-0.1, -0.05) is 67.1 Å². The second kappa shape index (κ2) is 8.82. The minimum atomic E-state index is -0.328. The van der Waals surface area contributed by atoms with Crippen LogP contribution in [0.15, 0.2) is 64.5 Å². The second-order valence-electron chi connectivity index (χ2n) is 7.54. The molecule has 150 valence electrons. The summed E-state index contributed by atoms with van der Waals surface area (Å²) in [5, 5.41) is 3.99. The van der Waals surface area contributed by atoms with E-state index in [1.54, 1.807) is 10.6 Å². The van der Waals surface area contributed by atoms with Crippen LogP contribution in [0, 0.1) is 0 Å². The summed E-state index contributed by atoms with van der Waals surface area (Å²) in [4.78, 5) is 30.6. The van der Waals surface area contributed by atoms with Gasteiger partial charge in [-0.25, -0.2) is 4.98 Å². The molecule has 5 nitrogen and oxygen atoms in total. The van der Waals surface area contributed by atoms with E-state index < -0.39 is 0 Å². The summed E-state index contributed by atoms with van der Waals surface area (Å²) in [7, 11) is 0. The van der Waals surface area contributed by atoms with Crippen molar-refractivity contribution >= 4 is 28.6 Å². The summed E-state index contributed by atoms with van der Waals surface area (Å²) in [5.41, 5.74) is 1.61. The Labute approximate surface area is 174 Å². The Balaban J connectivity index is 1.65. The molecule has 1 aliphatic carbocycles. The summed E-state index contributed by atoms with van der Waals surface area (Å²) in [6.45, 7) is 2.31. The maximum Gasteiger partial charge on any atom is 0.262 e. The summed E-state index contributed by atoms with van der Waals surface area (Å²) < 4.78 is 1.68. The maximum absolute atomic E-state index is 13.2. The Kier molecular flexibility index (Phi) is 6.00. The molecule has 1 unspecified atom stereocenters. The molecule has 1 amide bonds. The van der Waals surface area contributed by atoms with Gasteiger partial charge in [0.15, 0.2) is 5.16 Å². The molecular weight excluding hydrogens is 382 g/mol. The molecule has 2 aromatic carbocycles. The minimum absolute atomic E-state index is 0.00979. The van der Waals surface area contributed by atoms with Crippen LogP contribution >= 0.6 is 11.8 Å². The first-order valence-corrected chi connectivity index (χ1v) is 11.0. The van der Waals surface area contributed by atoms with E-state index in [4.69, 9.17) is 4.98 Å². The average Bonchev–Trinajstić information content (AvgIpc) is 3.24. The lowest BCUT2D eigenvalue weighted by Crippen LogP contribution is -2.38. The molecule has 1 aromatic heterocycles. The van der Waals surface area contributed by atoms with Gasteiger partial charge in [-0.3, -0.25) is 14.2 Å². The van der Waals surface area contributed by atoms with Crippen LogP contribution < -0.4 is 10.9 Å². The Morgan fingerprint density at radius 3 is 2.59 bits per heavy atom. The summed E-state index contributed by atoms with van der Waals surface area (Å²) in [6, 6.07) is 17.5. The number of benzene rings is 2. The highest BCUT2D eigenvalue weighted by Crippen LogP contribution is 2.25. The van der Waals surface area contributed by atoms with E-state index in [9.17, 15) is 9.59 Å². The molecule has 0 aliphatic heterocycles. The number of nitrogens with one attached hydrogen (secondary N) is 1. The molecule has 0 radical (unpaired) electrons. The van der Waals surface area contributed by atoms with Gasteiger partial charge in [0, 0.05) is 6.04 Å². The first-order chi connectivity index (χ1) is 14.1. The summed E-state index contributed by atoms with van der Waals surface area (Å²) >= 11 is 1.35. The van der Waals surface area contributed by atoms with Crippen LogP contribution in [0.3, 0.4) is 0 Å². The third kappa shape index (κ3) is 4.53. The van der Waals surface area contributed by atoms with Gasteiger partial charge in [0.05, 0.1) is 22.7 Å². The molecule has 6 heteroatoms. The van der Waals surface area contributed by atoms with Gasteiger partial charge in [-0.2, -0.15) is 0 Å². The van der Waals surface area contributed by atoms with Crippen LogP contribution in [0.4, 0.5) is 0 Å². The first kappa shape index (κ1) is 19.7. The summed E-state index contributed by atoms with van der Waals surface area (Å²) in [5.74, 6) is 0.00979. The number of hydrogen-bond donors (Lipinski definition) is 1. The third-order valence-corrected chi connectivity index (χ3v) is 6.45. The predicted octanol–water partition coefficient (Wildman–Crippen LogP) is 3.98. The molecule has 0 spiro atoms. The number of carbonyl (C=O) groups is 1. The van der Waals surface area contributed by atoms with Crippen LogP contribution in [-0.4, -0.2) is 26.8 Å². The summed E-state index contributed by atoms with van der Waals surface area (Å²) in [6.07, 6.45) is 4.46. The average molecular weight is 408 g/mol. The van der Waals surface area contributed by atoms with Crippen molar-refractivity contribution in [1.29, 1.82) is 0 Å². The Morgan fingerprint density at radius 1 is 1.14 bits per heavy atom. The maximum atomic E-state index is 13.2. The van der Waals surface area contributed by atoms with Gasteiger partial charge in [0.2, 0.25) is 5.91 Å². The molecule has 4 rings (SSSR count). The highest BCUT2D eigenvalue weighted by atomic mass is 32.2. The van der Waals surface area contributed by atoms with E-state index in [1.807, 2.05) is 55.5 Å². The van der Waals surface area contributed by atoms with Crippen molar-refractivity contribution in [1.82, 2.24) is 14.9 Å². The zero-order valence-corrected chi connectivity index (χ0v) is 17.3. The number of amides is 1. The van der Waals surface area contributed by atoms with Crippen LogP contribution in [0.2, 0.25) is 0 Å². The number of para-hydroxylation sites is 1. The molecule has 1 fully saturated rings. The van der Waals surface area contributed by atoms with Gasteiger partial charge in [0.25, 0.3) is 5.56 Å². The van der Waals surface area contributed by atoms with Gasteiger partial charge in [0.1, 0.15) is 0 Å². The lowest BCUT2D eigenvalue weighted by molar-refractivity contribution is -0.120. The van der Waals surface area contributed by atoms with Crippen molar-refractivity contribution in [3.05, 3.63) is 70.5 Å². The molecule has 3 aromatic rings. The molecular formula is C23H25N3O2S. The molecule has 1 heterocycles. The van der Waals surface area contributed by atoms with Crippen molar-refractivity contribution < 1.29 is 4.79 Å². The lowest BCUT2D eigenvalue weighted by atomic mass is 10.2. The number of fused-ring (bicyclic) bond motifs is 1. The number of thioether (sulfide) groups is 1. The van der Waals surface area contributed by atoms with E-state index in [-0.39, 0.29) is 22.8 Å². The fourth-order valence-electron chi connectivity index (χ4n) is 3.74. The van der Waals surface area contributed by atoms with E-state index in [0.29, 0.717) is 22.6 Å². The highest BCUT2D eigenvalue weighted by Gasteiger charge is 2.23. The monoisotopic (exact) mass is 407 g/mol. The number of nitrogens with zero attached hydrogens (tertiary/aromatic N) is 2. The molecule has 1 aliphatic rings. The molecule has 1 atom stereocenters. The van der Waals surface area contributed by atoms with E-state index in [2.05, 4.69) is 5.32 Å². The van der Waals surface area contributed by atoms with Crippen molar-refractivity contribution in [2.75, 3.05) is 0 Å². The zero-order chi connectivity index (χ0) is 20.2. The van der Waals surface area contributed by atoms with E-state index in [1.165, 1.54) is 24.6 Å². The van der Waals surface area contributed by atoms with Crippen molar-refractivity contribution in [2.24, 2.45) is 0 Å². The fourth-order valence-corrected chi connectivity index (χ4v) is 4.66. The topological polar surface area (TPSA) is 64.0 Å². The number of carbonyl (C=O) groups excluding carboxylic acids is 1. The van der Waals surface area contributed by atoms with Crippen LogP contribution in [0.5, 0.6) is 0 Å². The van der Waals surface area contributed by atoms with Gasteiger partial charge < -0.3 is 5.32 Å². The third-order valence-electron chi connectivity index (χ3n) is 5.36. The normalized spacial score (nSPS) is 15.5. The number of hydrogen-bond acceptors (Lipinski definition) is 4. The van der Waals surface area contributed by atoms with Crippen LogP contribution in [-0.2, 0) is 11.3 Å². The SMILES string of the molecule is CC(Sc1nc2ccccc2c(=O)n1Cc1ccccc1)C(=O)NC1CCCC1. The molecule has 0 bridgehead atoms. The molecule has 29 heavy (non-hydrogen) atoms. The standard InChI is InChI=1S/C23H25N3O2S/c1-16(21(27)24-18-11-5-6-12-18)29-23-25-20-14-8-7-13-19(20)22(28)26(23)15-17-9-3-2-4-10-17/h2-4,7-10,13-14,16,18H,5-6,11-12,15H2,1H3,(H,24,27). The van der Waals surface area contributed by atoms with Gasteiger partial charge >= 0.3 is 0 Å². The number of aromatic nitrogens is 2.